The van der Waals surface area contributed by atoms with Crippen LogP contribution in [-0.4, -0.2) is 6.29 Å². The highest BCUT2D eigenvalue weighted by molar-refractivity contribution is 5.86. The number of carbonyl (C=O) groups excluding carboxylic acids is 1. The van der Waals surface area contributed by atoms with E-state index in [1.54, 1.807) is 6.07 Å². The molecule has 0 radical (unpaired) electrons. The molecule has 0 aliphatic heterocycles. The number of rotatable bonds is 1. The third-order valence-electron chi connectivity index (χ3n) is 1.71. The van der Waals surface area contributed by atoms with Crippen molar-refractivity contribution >= 4 is 12.0 Å². The summed E-state index contributed by atoms with van der Waals surface area (Å²) in [6.45, 7) is 10.6. The van der Waals surface area contributed by atoms with Gasteiger partial charge in [0.15, 0.2) is 5.69 Å². The van der Waals surface area contributed by atoms with Gasteiger partial charge in [-0.3, -0.25) is 4.79 Å². The van der Waals surface area contributed by atoms with E-state index < -0.39 is 0 Å². The van der Waals surface area contributed by atoms with Gasteiger partial charge in [-0.25, -0.2) is 4.85 Å². The lowest BCUT2D eigenvalue weighted by Crippen LogP contribution is -1.85. The van der Waals surface area contributed by atoms with Crippen molar-refractivity contribution in [2.24, 2.45) is 0 Å². The van der Waals surface area contributed by atoms with Crippen LogP contribution >= 0.6 is 0 Å². The molecule has 0 fully saturated rings. The minimum absolute atomic E-state index is 0.468. The quantitative estimate of drug-likeness (QED) is 0.456. The average molecular weight is 159 g/mol. The molecule has 0 heterocycles. The molecular weight excluding hydrogens is 150 g/mol. The molecule has 60 valence electrons. The second-order valence-electron chi connectivity index (χ2n) is 2.75. The minimum Gasteiger partial charge on any atom is -0.299 e. The first kappa shape index (κ1) is 8.48. The van der Waals surface area contributed by atoms with E-state index in [0.29, 0.717) is 11.3 Å². The lowest BCUT2D eigenvalue weighted by molar-refractivity contribution is 0.112. The lowest BCUT2D eigenvalue weighted by atomic mass is 10.1. The normalized spacial score (nSPS) is 9.08. The largest absolute Gasteiger partial charge is 0.299 e. The maximum absolute atomic E-state index is 10.5. The van der Waals surface area contributed by atoms with E-state index in [1.807, 2.05) is 19.9 Å². The van der Waals surface area contributed by atoms with Gasteiger partial charge in [-0.05, 0) is 19.4 Å². The Balaban J connectivity index is 3.46. The summed E-state index contributed by atoms with van der Waals surface area (Å²) < 4.78 is 0. The molecule has 0 amide bonds. The molecule has 0 N–H and O–H groups in total. The molecule has 0 aliphatic rings. The van der Waals surface area contributed by atoms with Gasteiger partial charge in [0.1, 0.15) is 6.29 Å². The highest BCUT2D eigenvalue weighted by atomic mass is 16.1. The summed E-state index contributed by atoms with van der Waals surface area (Å²) in [5.41, 5.74) is 2.84. The average Bonchev–Trinajstić information content (AvgIpc) is 2.03. The molecule has 0 saturated heterocycles. The van der Waals surface area contributed by atoms with E-state index >= 15 is 0 Å². The third kappa shape index (κ3) is 1.35. The van der Waals surface area contributed by atoms with Gasteiger partial charge in [-0.15, -0.1) is 0 Å². The Labute approximate surface area is 71.7 Å². The Bertz CT molecular complexity index is 361. The summed E-state index contributed by atoms with van der Waals surface area (Å²) in [4.78, 5) is 13.8. The van der Waals surface area contributed by atoms with Crippen LogP contribution in [-0.2, 0) is 0 Å². The van der Waals surface area contributed by atoms with E-state index in [1.165, 1.54) is 0 Å². The van der Waals surface area contributed by atoms with Gasteiger partial charge >= 0.3 is 0 Å². The molecular formula is C10H9NO. The molecule has 0 aliphatic carbocycles. The van der Waals surface area contributed by atoms with Crippen LogP contribution in [0.5, 0.6) is 0 Å². The van der Waals surface area contributed by atoms with Crippen molar-refractivity contribution in [3.8, 4) is 0 Å². The second-order valence-corrected chi connectivity index (χ2v) is 2.75. The van der Waals surface area contributed by atoms with Crippen LogP contribution in [0.4, 0.5) is 5.69 Å². The Morgan fingerprint density at radius 3 is 2.58 bits per heavy atom. The highest BCUT2D eigenvalue weighted by Crippen LogP contribution is 2.23. The summed E-state index contributed by atoms with van der Waals surface area (Å²) in [6, 6.07) is 3.63. The third-order valence-corrected chi connectivity index (χ3v) is 1.71. The zero-order chi connectivity index (χ0) is 9.14. The second kappa shape index (κ2) is 3.19. The number of nitrogens with zero attached hydrogens (tertiary/aromatic N) is 1. The van der Waals surface area contributed by atoms with Crippen LogP contribution in [0.25, 0.3) is 4.85 Å². The molecule has 0 spiro atoms. The van der Waals surface area contributed by atoms with Gasteiger partial charge in [-0.1, -0.05) is 17.7 Å². The van der Waals surface area contributed by atoms with Gasteiger partial charge in [0.25, 0.3) is 0 Å². The van der Waals surface area contributed by atoms with E-state index in [2.05, 4.69) is 4.85 Å². The fourth-order valence-corrected chi connectivity index (χ4v) is 1.24. The van der Waals surface area contributed by atoms with Crippen LogP contribution in [0.1, 0.15) is 21.5 Å². The maximum Gasteiger partial charge on any atom is 0.200 e. The Morgan fingerprint density at radius 2 is 2.08 bits per heavy atom. The van der Waals surface area contributed by atoms with Crippen molar-refractivity contribution in [3.63, 3.8) is 0 Å². The summed E-state index contributed by atoms with van der Waals surface area (Å²) in [6.07, 6.45) is 0.730. The van der Waals surface area contributed by atoms with Gasteiger partial charge in [-0.2, -0.15) is 0 Å². The summed E-state index contributed by atoms with van der Waals surface area (Å²) >= 11 is 0. The number of hydrogen-bond donors (Lipinski definition) is 0. The van der Waals surface area contributed by atoms with E-state index in [9.17, 15) is 4.79 Å². The fourth-order valence-electron chi connectivity index (χ4n) is 1.24. The molecule has 1 aromatic carbocycles. The Morgan fingerprint density at radius 1 is 1.42 bits per heavy atom. The van der Waals surface area contributed by atoms with Crippen molar-refractivity contribution in [2.45, 2.75) is 13.8 Å². The van der Waals surface area contributed by atoms with Crippen LogP contribution in [0.3, 0.4) is 0 Å². The maximum atomic E-state index is 10.5. The first-order valence-corrected chi connectivity index (χ1v) is 3.63. The molecule has 0 unspecified atom stereocenters. The minimum atomic E-state index is 0.468. The van der Waals surface area contributed by atoms with Gasteiger partial charge in [0, 0.05) is 5.56 Å². The topological polar surface area (TPSA) is 21.4 Å². The Hall–Kier alpha value is -1.62. The van der Waals surface area contributed by atoms with Crippen molar-refractivity contribution in [3.05, 3.63) is 40.2 Å². The molecule has 0 atom stereocenters. The van der Waals surface area contributed by atoms with E-state index in [0.717, 1.165) is 17.4 Å². The predicted octanol–water partition coefficient (Wildman–Crippen LogP) is 2.67. The van der Waals surface area contributed by atoms with Crippen LogP contribution < -0.4 is 0 Å². The van der Waals surface area contributed by atoms with E-state index in [-0.39, 0.29) is 0 Å². The summed E-state index contributed by atoms with van der Waals surface area (Å²) in [5.74, 6) is 0. The molecule has 12 heavy (non-hydrogen) atoms. The van der Waals surface area contributed by atoms with Crippen LogP contribution in [0.2, 0.25) is 0 Å². The molecule has 1 aromatic rings. The molecule has 2 heteroatoms. The van der Waals surface area contributed by atoms with Crippen molar-refractivity contribution in [1.29, 1.82) is 0 Å². The van der Waals surface area contributed by atoms with Gasteiger partial charge in [0.2, 0.25) is 0 Å². The molecule has 0 aromatic heterocycles. The van der Waals surface area contributed by atoms with Crippen LogP contribution in [0, 0.1) is 20.4 Å². The number of aryl methyl sites for hydroxylation is 2. The smallest absolute Gasteiger partial charge is 0.200 e. The lowest BCUT2D eigenvalue weighted by Gasteiger charge is -2.01. The first-order chi connectivity index (χ1) is 5.69. The number of aldehydes is 1. The molecule has 0 bridgehead atoms. The van der Waals surface area contributed by atoms with Crippen molar-refractivity contribution in [2.75, 3.05) is 0 Å². The molecule has 0 saturated carbocycles. The van der Waals surface area contributed by atoms with Gasteiger partial charge in [0.05, 0.1) is 6.57 Å². The first-order valence-electron chi connectivity index (χ1n) is 3.63. The zero-order valence-electron chi connectivity index (χ0n) is 7.09. The zero-order valence-corrected chi connectivity index (χ0v) is 7.09. The standard InChI is InChI=1S/C10H9NO/c1-7-4-8(2)10(11-3)9(5-7)6-12/h4-6H,1-2H3. The van der Waals surface area contributed by atoms with Gasteiger partial charge < -0.3 is 0 Å². The summed E-state index contributed by atoms with van der Waals surface area (Å²) in [5, 5.41) is 0. The SMILES string of the molecule is [C-]#[N+]c1c(C)cc(C)cc1C=O. The van der Waals surface area contributed by atoms with Crippen molar-refractivity contribution in [1.82, 2.24) is 0 Å². The number of hydrogen-bond acceptors (Lipinski definition) is 1. The number of benzene rings is 1. The number of carbonyl (C=O) groups is 1. The highest BCUT2D eigenvalue weighted by Gasteiger charge is 2.04. The predicted molar refractivity (Wildman–Crippen MR) is 47.6 cm³/mol. The van der Waals surface area contributed by atoms with Crippen molar-refractivity contribution < 1.29 is 4.79 Å². The van der Waals surface area contributed by atoms with E-state index in [4.69, 9.17) is 6.57 Å². The fraction of sp³-hybridized carbons (Fsp3) is 0.200. The Kier molecular flexibility index (Phi) is 2.25. The van der Waals surface area contributed by atoms with Crippen LogP contribution in [0.15, 0.2) is 12.1 Å². The summed E-state index contributed by atoms with van der Waals surface area (Å²) in [7, 11) is 0. The monoisotopic (exact) mass is 159 g/mol. The molecule has 2 nitrogen and oxygen atoms in total. The molecule has 1 rings (SSSR count).